The number of nitrogens with zero attached hydrogens (tertiary/aromatic N) is 1. The maximum absolute atomic E-state index is 13.0. The molecule has 0 bridgehead atoms. The average molecular weight is 474 g/mol. The van der Waals surface area contributed by atoms with Crippen LogP contribution in [0, 0.1) is 12.7 Å². The van der Waals surface area contributed by atoms with Crippen molar-refractivity contribution in [2.75, 3.05) is 28.3 Å². The van der Waals surface area contributed by atoms with Gasteiger partial charge in [0.15, 0.2) is 0 Å². The van der Waals surface area contributed by atoms with Crippen molar-refractivity contribution in [2.45, 2.75) is 38.6 Å². The first-order chi connectivity index (χ1) is 15.8. The SMILES string of the molecule is Cc1ccccc1N(CC(=O)NC1CCCC1)C(=O)CS(=O)CC(=O)Nc1ccc(F)cc1. The number of rotatable bonds is 9. The van der Waals surface area contributed by atoms with Gasteiger partial charge in [-0.05, 0) is 55.7 Å². The lowest BCUT2D eigenvalue weighted by atomic mass is 10.1. The minimum Gasteiger partial charge on any atom is -0.352 e. The van der Waals surface area contributed by atoms with Gasteiger partial charge < -0.3 is 15.5 Å². The van der Waals surface area contributed by atoms with E-state index < -0.39 is 34.2 Å². The molecule has 2 aromatic rings. The van der Waals surface area contributed by atoms with Crippen LogP contribution in [-0.2, 0) is 25.2 Å². The van der Waals surface area contributed by atoms with E-state index in [-0.39, 0.29) is 24.2 Å². The maximum Gasteiger partial charge on any atom is 0.240 e. The monoisotopic (exact) mass is 473 g/mol. The van der Waals surface area contributed by atoms with Crippen LogP contribution in [0.1, 0.15) is 31.2 Å². The molecule has 9 heteroatoms. The number of aryl methyl sites for hydroxylation is 1. The molecule has 0 spiro atoms. The number of carbonyl (C=O) groups is 3. The fourth-order valence-electron chi connectivity index (χ4n) is 3.80. The van der Waals surface area contributed by atoms with Gasteiger partial charge >= 0.3 is 0 Å². The van der Waals surface area contributed by atoms with E-state index in [1.54, 1.807) is 12.1 Å². The van der Waals surface area contributed by atoms with E-state index in [1.807, 2.05) is 19.1 Å². The number of carbonyl (C=O) groups excluding carboxylic acids is 3. The molecule has 1 fully saturated rings. The van der Waals surface area contributed by atoms with E-state index >= 15 is 0 Å². The van der Waals surface area contributed by atoms with Gasteiger partial charge in [0.25, 0.3) is 0 Å². The number of anilines is 2. The first-order valence-electron chi connectivity index (χ1n) is 10.9. The normalized spacial score (nSPS) is 14.5. The summed E-state index contributed by atoms with van der Waals surface area (Å²) < 4.78 is 25.5. The lowest BCUT2D eigenvalue weighted by molar-refractivity contribution is -0.123. The van der Waals surface area contributed by atoms with Gasteiger partial charge in [0.05, 0.1) is 0 Å². The second kappa shape index (κ2) is 11.7. The fourth-order valence-corrected chi connectivity index (χ4v) is 4.70. The number of benzene rings is 2. The zero-order chi connectivity index (χ0) is 23.8. The summed E-state index contributed by atoms with van der Waals surface area (Å²) >= 11 is 0. The third-order valence-corrected chi connectivity index (χ3v) is 6.59. The Morgan fingerprint density at radius 2 is 1.67 bits per heavy atom. The lowest BCUT2D eigenvalue weighted by Crippen LogP contribution is -2.45. The second-order valence-corrected chi connectivity index (χ2v) is 9.56. The van der Waals surface area contributed by atoms with E-state index in [4.69, 9.17) is 0 Å². The summed E-state index contributed by atoms with van der Waals surface area (Å²) in [5.41, 5.74) is 1.74. The number of hydrogen-bond acceptors (Lipinski definition) is 4. The van der Waals surface area contributed by atoms with Crippen LogP contribution in [0.5, 0.6) is 0 Å². The standard InChI is InChI=1S/C24H28FN3O4S/c1-17-6-2-5-9-21(17)28(14-22(29)26-19-7-3-4-8-19)24(31)16-33(32)15-23(30)27-20-12-10-18(25)11-13-20/h2,5-6,9-13,19H,3-4,7-8,14-16H2,1H3,(H,26,29)(H,27,30). The van der Waals surface area contributed by atoms with Gasteiger partial charge in [-0.1, -0.05) is 31.0 Å². The van der Waals surface area contributed by atoms with Crippen LogP contribution in [0.2, 0.25) is 0 Å². The Kier molecular flexibility index (Phi) is 8.71. The quantitative estimate of drug-likeness (QED) is 0.585. The van der Waals surface area contributed by atoms with Gasteiger partial charge in [-0.15, -0.1) is 0 Å². The van der Waals surface area contributed by atoms with Crippen LogP contribution in [0.25, 0.3) is 0 Å². The first-order valence-corrected chi connectivity index (χ1v) is 12.4. The summed E-state index contributed by atoms with van der Waals surface area (Å²) in [4.78, 5) is 39.1. The van der Waals surface area contributed by atoms with Gasteiger partial charge in [0.2, 0.25) is 17.7 Å². The van der Waals surface area contributed by atoms with E-state index in [0.717, 1.165) is 31.2 Å². The van der Waals surface area contributed by atoms with Crippen molar-refractivity contribution in [3.05, 3.63) is 59.9 Å². The third-order valence-electron chi connectivity index (χ3n) is 5.43. The molecule has 0 saturated heterocycles. The topological polar surface area (TPSA) is 95.6 Å². The van der Waals surface area contributed by atoms with Crippen LogP contribution in [0.4, 0.5) is 15.8 Å². The molecule has 0 heterocycles. The lowest BCUT2D eigenvalue weighted by Gasteiger charge is -2.25. The molecule has 176 valence electrons. The van der Waals surface area contributed by atoms with Gasteiger partial charge in [-0.3, -0.25) is 18.6 Å². The molecule has 2 N–H and O–H groups in total. The maximum atomic E-state index is 13.0. The third kappa shape index (κ3) is 7.49. The van der Waals surface area contributed by atoms with Crippen molar-refractivity contribution in [1.82, 2.24) is 5.32 Å². The Hall–Kier alpha value is -3.07. The highest BCUT2D eigenvalue weighted by Crippen LogP contribution is 2.21. The average Bonchev–Trinajstić information content (AvgIpc) is 3.27. The van der Waals surface area contributed by atoms with Crippen LogP contribution in [-0.4, -0.2) is 46.0 Å². The fraction of sp³-hybridized carbons (Fsp3) is 0.375. The molecule has 1 aliphatic carbocycles. The molecule has 0 aromatic heterocycles. The molecule has 3 rings (SSSR count). The van der Waals surface area contributed by atoms with Crippen molar-refractivity contribution in [3.63, 3.8) is 0 Å². The first kappa shape index (κ1) is 24.6. The predicted molar refractivity (Wildman–Crippen MR) is 127 cm³/mol. The molecule has 1 aliphatic rings. The Labute approximate surface area is 195 Å². The number of nitrogens with one attached hydrogen (secondary N) is 2. The smallest absolute Gasteiger partial charge is 0.240 e. The summed E-state index contributed by atoms with van der Waals surface area (Å²) in [6.45, 7) is 1.65. The van der Waals surface area contributed by atoms with Crippen molar-refractivity contribution >= 4 is 39.9 Å². The minimum absolute atomic E-state index is 0.121. The zero-order valence-corrected chi connectivity index (χ0v) is 19.3. The van der Waals surface area contributed by atoms with Gasteiger partial charge in [0.1, 0.15) is 23.9 Å². The Bertz CT molecular complexity index is 1020. The van der Waals surface area contributed by atoms with E-state index in [2.05, 4.69) is 10.6 Å². The molecular formula is C24H28FN3O4S. The Morgan fingerprint density at radius 1 is 1.00 bits per heavy atom. The number of amides is 3. The van der Waals surface area contributed by atoms with Crippen molar-refractivity contribution in [3.8, 4) is 0 Å². The summed E-state index contributed by atoms with van der Waals surface area (Å²) in [5.74, 6) is -2.54. The Balaban J connectivity index is 1.62. The van der Waals surface area contributed by atoms with Crippen LogP contribution in [0.15, 0.2) is 48.5 Å². The molecule has 2 aromatic carbocycles. The minimum atomic E-state index is -1.79. The van der Waals surface area contributed by atoms with E-state index in [1.165, 1.54) is 29.2 Å². The summed E-state index contributed by atoms with van der Waals surface area (Å²) in [5, 5.41) is 5.50. The number of hydrogen-bond donors (Lipinski definition) is 2. The molecule has 1 atom stereocenters. The highest BCUT2D eigenvalue weighted by atomic mass is 32.2. The van der Waals surface area contributed by atoms with Crippen molar-refractivity contribution < 1.29 is 23.0 Å². The highest BCUT2D eigenvalue weighted by molar-refractivity contribution is 7.86. The molecule has 1 saturated carbocycles. The molecular weight excluding hydrogens is 445 g/mol. The summed E-state index contributed by atoms with van der Waals surface area (Å²) in [6.07, 6.45) is 4.00. The number of halogens is 1. The largest absolute Gasteiger partial charge is 0.352 e. The van der Waals surface area contributed by atoms with Gasteiger partial charge in [-0.2, -0.15) is 0 Å². The number of para-hydroxylation sites is 1. The van der Waals surface area contributed by atoms with Crippen LogP contribution in [0.3, 0.4) is 0 Å². The van der Waals surface area contributed by atoms with E-state index in [0.29, 0.717) is 11.4 Å². The summed E-state index contributed by atoms with van der Waals surface area (Å²) in [6, 6.07) is 12.5. The van der Waals surface area contributed by atoms with E-state index in [9.17, 15) is 23.0 Å². The predicted octanol–water partition coefficient (Wildman–Crippen LogP) is 2.91. The zero-order valence-electron chi connectivity index (χ0n) is 18.5. The van der Waals surface area contributed by atoms with Crippen LogP contribution < -0.4 is 15.5 Å². The molecule has 3 amide bonds. The Morgan fingerprint density at radius 3 is 2.33 bits per heavy atom. The highest BCUT2D eigenvalue weighted by Gasteiger charge is 2.25. The molecule has 0 aliphatic heterocycles. The van der Waals surface area contributed by atoms with Gasteiger partial charge in [-0.25, -0.2) is 4.39 Å². The molecule has 33 heavy (non-hydrogen) atoms. The molecule has 7 nitrogen and oxygen atoms in total. The molecule has 0 radical (unpaired) electrons. The van der Waals surface area contributed by atoms with Crippen molar-refractivity contribution in [1.29, 1.82) is 0 Å². The van der Waals surface area contributed by atoms with Gasteiger partial charge in [0, 0.05) is 28.2 Å². The van der Waals surface area contributed by atoms with Crippen LogP contribution >= 0.6 is 0 Å². The van der Waals surface area contributed by atoms with Crippen molar-refractivity contribution in [2.24, 2.45) is 0 Å². The second-order valence-electron chi connectivity index (χ2n) is 8.10. The summed E-state index contributed by atoms with van der Waals surface area (Å²) in [7, 11) is -1.79. The molecule has 1 unspecified atom stereocenters.